The lowest BCUT2D eigenvalue weighted by Gasteiger charge is -2.00. The zero-order chi connectivity index (χ0) is 10.4. The molecule has 0 bridgehead atoms. The van der Waals surface area contributed by atoms with Crippen LogP contribution in [0.3, 0.4) is 0 Å². The molecule has 0 saturated heterocycles. The second kappa shape index (κ2) is 2.94. The van der Waals surface area contributed by atoms with Crippen LogP contribution < -0.4 is 5.73 Å². The predicted octanol–water partition coefficient (Wildman–Crippen LogP) is 1.45. The van der Waals surface area contributed by atoms with Crippen molar-refractivity contribution in [2.45, 2.75) is 13.0 Å². The summed E-state index contributed by atoms with van der Waals surface area (Å²) >= 11 is 0. The summed E-state index contributed by atoms with van der Waals surface area (Å²) in [6.07, 6.45) is 0.978. The molecular formula is C12H13N3. The van der Waals surface area contributed by atoms with E-state index >= 15 is 0 Å². The number of hydrogen-bond donors (Lipinski definition) is 1. The normalized spacial score (nSPS) is 12.7. The molecule has 3 heteroatoms. The molecule has 1 aliphatic carbocycles. The van der Waals surface area contributed by atoms with Crippen molar-refractivity contribution in [1.29, 1.82) is 0 Å². The zero-order valence-corrected chi connectivity index (χ0v) is 8.70. The number of rotatable bonds is 1. The lowest BCUT2D eigenvalue weighted by Crippen LogP contribution is -2.01. The molecule has 0 aliphatic heterocycles. The topological polar surface area (TPSA) is 43.8 Å². The van der Waals surface area contributed by atoms with Gasteiger partial charge >= 0.3 is 0 Å². The highest BCUT2D eigenvalue weighted by Gasteiger charge is 2.24. The summed E-state index contributed by atoms with van der Waals surface area (Å²) in [4.78, 5) is 0. The van der Waals surface area contributed by atoms with Crippen molar-refractivity contribution in [3.05, 3.63) is 41.1 Å². The van der Waals surface area contributed by atoms with Crippen molar-refractivity contribution in [2.75, 3.05) is 0 Å². The Bertz CT molecular complexity index is 526. The fourth-order valence-corrected chi connectivity index (χ4v) is 2.41. The number of nitrogens with two attached hydrogens (primary N) is 1. The number of hydrogen-bond acceptors (Lipinski definition) is 2. The van der Waals surface area contributed by atoms with Crippen LogP contribution in [0.15, 0.2) is 24.3 Å². The summed E-state index contributed by atoms with van der Waals surface area (Å²) < 4.78 is 1.95. The van der Waals surface area contributed by atoms with Crippen LogP contribution in [-0.2, 0) is 20.0 Å². The summed E-state index contributed by atoms with van der Waals surface area (Å²) in [6, 6.07) is 8.49. The van der Waals surface area contributed by atoms with Gasteiger partial charge in [0.15, 0.2) is 0 Å². The summed E-state index contributed by atoms with van der Waals surface area (Å²) in [5.74, 6) is 0. The summed E-state index contributed by atoms with van der Waals surface area (Å²) in [6.45, 7) is 0.525. The minimum absolute atomic E-state index is 0.525. The molecule has 15 heavy (non-hydrogen) atoms. The summed E-state index contributed by atoms with van der Waals surface area (Å²) in [7, 11) is 1.99. The van der Waals surface area contributed by atoms with E-state index in [0.29, 0.717) is 6.54 Å². The van der Waals surface area contributed by atoms with Gasteiger partial charge in [-0.15, -0.1) is 0 Å². The maximum absolute atomic E-state index is 5.70. The predicted molar refractivity (Wildman–Crippen MR) is 59.3 cm³/mol. The molecule has 1 heterocycles. The van der Waals surface area contributed by atoms with Crippen molar-refractivity contribution in [3.8, 4) is 11.3 Å². The van der Waals surface area contributed by atoms with Crippen molar-refractivity contribution < 1.29 is 0 Å². The summed E-state index contributed by atoms with van der Waals surface area (Å²) in [5, 5.41) is 4.44. The van der Waals surface area contributed by atoms with Crippen molar-refractivity contribution >= 4 is 0 Å². The largest absolute Gasteiger partial charge is 0.325 e. The monoisotopic (exact) mass is 199 g/mol. The first-order valence-electron chi connectivity index (χ1n) is 5.14. The zero-order valence-electron chi connectivity index (χ0n) is 8.70. The third-order valence-corrected chi connectivity index (χ3v) is 3.06. The van der Waals surface area contributed by atoms with Gasteiger partial charge in [0.1, 0.15) is 0 Å². The lowest BCUT2D eigenvalue weighted by molar-refractivity contribution is 0.748. The smallest absolute Gasteiger partial charge is 0.0802 e. The highest BCUT2D eigenvalue weighted by molar-refractivity contribution is 5.74. The number of nitrogens with zero attached hydrogens (tertiary/aromatic N) is 2. The average molecular weight is 199 g/mol. The van der Waals surface area contributed by atoms with Crippen LogP contribution >= 0.6 is 0 Å². The maximum Gasteiger partial charge on any atom is 0.0802 e. The van der Waals surface area contributed by atoms with E-state index in [1.807, 2.05) is 11.7 Å². The van der Waals surface area contributed by atoms with Gasteiger partial charge in [-0.2, -0.15) is 5.10 Å². The second-order valence-electron chi connectivity index (χ2n) is 3.94. The quantitative estimate of drug-likeness (QED) is 0.644. The summed E-state index contributed by atoms with van der Waals surface area (Å²) in [5.41, 5.74) is 12.0. The maximum atomic E-state index is 5.70. The molecule has 0 spiro atoms. The molecule has 1 aliphatic rings. The Labute approximate surface area is 88.5 Å². The van der Waals surface area contributed by atoms with E-state index in [-0.39, 0.29) is 0 Å². The minimum Gasteiger partial charge on any atom is -0.325 e. The first kappa shape index (κ1) is 8.68. The van der Waals surface area contributed by atoms with Crippen LogP contribution in [0.5, 0.6) is 0 Å². The molecule has 76 valence electrons. The van der Waals surface area contributed by atoms with E-state index in [4.69, 9.17) is 5.73 Å². The van der Waals surface area contributed by atoms with Crippen molar-refractivity contribution in [1.82, 2.24) is 9.78 Å². The number of aromatic nitrogens is 2. The molecule has 1 aromatic carbocycles. The van der Waals surface area contributed by atoms with E-state index in [0.717, 1.165) is 12.1 Å². The van der Waals surface area contributed by atoms with Crippen molar-refractivity contribution in [3.63, 3.8) is 0 Å². The van der Waals surface area contributed by atoms with Crippen LogP contribution in [0.2, 0.25) is 0 Å². The molecule has 0 fully saturated rings. The van der Waals surface area contributed by atoms with Gasteiger partial charge in [-0.3, -0.25) is 4.68 Å². The van der Waals surface area contributed by atoms with E-state index in [9.17, 15) is 0 Å². The molecule has 2 N–H and O–H groups in total. The van der Waals surface area contributed by atoms with Gasteiger partial charge in [0.2, 0.25) is 0 Å². The second-order valence-corrected chi connectivity index (χ2v) is 3.94. The fourth-order valence-electron chi connectivity index (χ4n) is 2.41. The average Bonchev–Trinajstić information content (AvgIpc) is 2.76. The molecule has 0 radical (unpaired) electrons. The SMILES string of the molecule is Cn1nc(CN)c2c1-c1ccccc1C2. The molecule has 3 nitrogen and oxygen atoms in total. The van der Waals surface area contributed by atoms with Gasteiger partial charge < -0.3 is 5.73 Å². The van der Waals surface area contributed by atoms with Gasteiger partial charge in [-0.05, 0) is 5.56 Å². The molecule has 0 unspecified atom stereocenters. The number of benzene rings is 1. The fraction of sp³-hybridized carbons (Fsp3) is 0.250. The first-order chi connectivity index (χ1) is 7.31. The van der Waals surface area contributed by atoms with Crippen LogP contribution in [0.1, 0.15) is 16.8 Å². The molecular weight excluding hydrogens is 186 g/mol. The highest BCUT2D eigenvalue weighted by atomic mass is 15.3. The van der Waals surface area contributed by atoms with Crippen LogP contribution in [0.4, 0.5) is 0 Å². The van der Waals surface area contributed by atoms with Gasteiger partial charge in [0.25, 0.3) is 0 Å². The van der Waals surface area contributed by atoms with Crippen LogP contribution in [0.25, 0.3) is 11.3 Å². The lowest BCUT2D eigenvalue weighted by atomic mass is 10.1. The van der Waals surface area contributed by atoms with Gasteiger partial charge in [-0.1, -0.05) is 24.3 Å². The highest BCUT2D eigenvalue weighted by Crippen LogP contribution is 2.37. The molecule has 2 aromatic rings. The van der Waals surface area contributed by atoms with E-state index in [2.05, 4.69) is 29.4 Å². The molecule has 1 aromatic heterocycles. The molecule has 0 amide bonds. The Balaban J connectivity index is 2.28. The van der Waals surface area contributed by atoms with Gasteiger partial charge in [0, 0.05) is 31.1 Å². The van der Waals surface area contributed by atoms with Crippen LogP contribution in [0, 0.1) is 0 Å². The number of aryl methyl sites for hydroxylation is 1. The Hall–Kier alpha value is -1.61. The Kier molecular flexibility index (Phi) is 1.70. The molecule has 3 rings (SSSR count). The first-order valence-corrected chi connectivity index (χ1v) is 5.14. The number of fused-ring (bicyclic) bond motifs is 3. The standard InChI is InChI=1S/C12H13N3/c1-15-12-9-5-3-2-4-8(9)6-10(12)11(7-13)14-15/h2-5H,6-7,13H2,1H3. The minimum atomic E-state index is 0.525. The Morgan fingerprint density at radius 2 is 2.20 bits per heavy atom. The third kappa shape index (κ3) is 1.07. The third-order valence-electron chi connectivity index (χ3n) is 3.06. The van der Waals surface area contributed by atoms with Gasteiger partial charge in [-0.25, -0.2) is 0 Å². The molecule has 0 saturated carbocycles. The Morgan fingerprint density at radius 1 is 1.40 bits per heavy atom. The van der Waals surface area contributed by atoms with Gasteiger partial charge in [0.05, 0.1) is 11.4 Å². The van der Waals surface area contributed by atoms with E-state index in [1.54, 1.807) is 0 Å². The molecule has 0 atom stereocenters. The van der Waals surface area contributed by atoms with Crippen molar-refractivity contribution in [2.24, 2.45) is 12.8 Å². The van der Waals surface area contributed by atoms with E-state index < -0.39 is 0 Å². The van der Waals surface area contributed by atoms with Crippen LogP contribution in [-0.4, -0.2) is 9.78 Å². The van der Waals surface area contributed by atoms with E-state index in [1.165, 1.54) is 22.4 Å². The Morgan fingerprint density at radius 3 is 3.00 bits per heavy atom.